The molecule has 1 saturated carbocycles. The van der Waals surface area contributed by atoms with Crippen LogP contribution in [0.5, 0.6) is 0 Å². The summed E-state index contributed by atoms with van der Waals surface area (Å²) in [5, 5.41) is 2.64. The van der Waals surface area contributed by atoms with Crippen LogP contribution >= 0.6 is 0 Å². The van der Waals surface area contributed by atoms with Crippen LogP contribution in [0.15, 0.2) is 39.6 Å². The lowest BCUT2D eigenvalue weighted by Gasteiger charge is -2.29. The van der Waals surface area contributed by atoms with Crippen molar-refractivity contribution in [2.24, 2.45) is 5.92 Å². The Balaban J connectivity index is 1.58. The van der Waals surface area contributed by atoms with Gasteiger partial charge in [-0.15, -0.1) is 0 Å². The average Bonchev–Trinajstić information content (AvgIpc) is 3.06. The average molecular weight is 443 g/mol. The summed E-state index contributed by atoms with van der Waals surface area (Å²) in [4.78, 5) is 12.7. The third-order valence-corrected chi connectivity index (χ3v) is 7.23. The molecule has 0 bridgehead atoms. The largest absolute Gasteiger partial charge is 0.456 e. The van der Waals surface area contributed by atoms with Gasteiger partial charge in [0, 0.05) is 6.04 Å². The Labute approximate surface area is 173 Å². The van der Waals surface area contributed by atoms with Gasteiger partial charge < -0.3 is 9.73 Å². The lowest BCUT2D eigenvalue weighted by molar-refractivity contribution is -0.153. The molecule has 1 N–H and O–H groups in total. The molecule has 0 saturated heterocycles. The van der Waals surface area contributed by atoms with Gasteiger partial charge in [-0.2, -0.15) is 13.2 Å². The molecule has 1 aromatic heterocycles. The van der Waals surface area contributed by atoms with Crippen molar-refractivity contribution in [3.05, 3.63) is 53.0 Å². The zero-order valence-electron chi connectivity index (χ0n) is 16.8. The smallest absolute Gasteiger partial charge is 0.450 e. The van der Waals surface area contributed by atoms with Crippen molar-refractivity contribution in [3.8, 4) is 0 Å². The fraction of sp³-hybridized carbons (Fsp3) is 0.476. The molecule has 0 spiro atoms. The van der Waals surface area contributed by atoms with Crippen molar-refractivity contribution in [3.63, 3.8) is 0 Å². The molecule has 1 aliphatic carbocycles. The van der Waals surface area contributed by atoms with E-state index in [0.29, 0.717) is 30.6 Å². The van der Waals surface area contributed by atoms with Crippen LogP contribution in [-0.4, -0.2) is 26.1 Å². The van der Waals surface area contributed by atoms with Gasteiger partial charge in [0.05, 0.1) is 16.2 Å². The Bertz CT molecular complexity index is 1020. The first-order valence-corrected chi connectivity index (χ1v) is 11.4. The highest BCUT2D eigenvalue weighted by Crippen LogP contribution is 2.34. The molecule has 2 aromatic rings. The first kappa shape index (κ1) is 22.4. The van der Waals surface area contributed by atoms with Gasteiger partial charge in [-0.05, 0) is 69.2 Å². The van der Waals surface area contributed by atoms with E-state index in [1.165, 1.54) is 6.92 Å². The number of hydrogen-bond acceptors (Lipinski definition) is 4. The van der Waals surface area contributed by atoms with Crippen molar-refractivity contribution in [2.45, 2.75) is 56.6 Å². The number of halogens is 3. The zero-order chi connectivity index (χ0) is 22.1. The Hall–Kier alpha value is -2.29. The molecule has 0 radical (unpaired) electrons. The minimum atomic E-state index is -4.75. The van der Waals surface area contributed by atoms with Crippen LogP contribution in [0.4, 0.5) is 13.2 Å². The van der Waals surface area contributed by atoms with Gasteiger partial charge in [0.25, 0.3) is 5.91 Å². The van der Waals surface area contributed by atoms with E-state index in [1.807, 2.05) is 13.0 Å². The summed E-state index contributed by atoms with van der Waals surface area (Å²) in [6, 6.07) is 7.55. The highest BCUT2D eigenvalue weighted by molar-refractivity contribution is 7.91. The molecule has 0 aliphatic heterocycles. The van der Waals surface area contributed by atoms with E-state index < -0.39 is 33.2 Å². The second-order valence-electron chi connectivity index (χ2n) is 7.89. The maximum Gasteiger partial charge on any atom is 0.450 e. The number of carbonyl (C=O) groups is 1. The quantitative estimate of drug-likeness (QED) is 0.728. The van der Waals surface area contributed by atoms with E-state index in [9.17, 15) is 26.4 Å². The number of benzene rings is 1. The lowest BCUT2D eigenvalue weighted by atomic mass is 9.87. The van der Waals surface area contributed by atoms with Gasteiger partial charge in [0.1, 0.15) is 5.76 Å². The third kappa shape index (κ3) is 5.24. The van der Waals surface area contributed by atoms with Gasteiger partial charge in [-0.25, -0.2) is 8.42 Å². The maximum absolute atomic E-state index is 13.0. The first-order valence-electron chi connectivity index (χ1n) is 9.73. The minimum Gasteiger partial charge on any atom is -0.456 e. The maximum atomic E-state index is 13.0. The Kier molecular flexibility index (Phi) is 6.31. The number of sulfone groups is 1. The van der Waals surface area contributed by atoms with Crippen LogP contribution in [0.3, 0.4) is 0 Å². The fourth-order valence-corrected chi connectivity index (χ4v) is 5.64. The molecule has 0 atom stereocenters. The summed E-state index contributed by atoms with van der Waals surface area (Å²) in [7, 11) is -3.41. The van der Waals surface area contributed by atoms with E-state index in [4.69, 9.17) is 0 Å². The number of carbonyl (C=O) groups excluding carboxylic acids is 1. The number of amides is 1. The van der Waals surface area contributed by atoms with Crippen LogP contribution in [0.2, 0.25) is 0 Å². The molecule has 164 valence electrons. The number of nitrogens with one attached hydrogen (secondary N) is 1. The third-order valence-electron chi connectivity index (χ3n) is 5.34. The topological polar surface area (TPSA) is 76.4 Å². The van der Waals surface area contributed by atoms with Crippen LogP contribution in [0.1, 0.15) is 53.1 Å². The van der Waals surface area contributed by atoms with Crippen molar-refractivity contribution in [1.82, 2.24) is 5.32 Å². The van der Waals surface area contributed by atoms with Crippen LogP contribution in [0, 0.1) is 19.8 Å². The fourth-order valence-electron chi connectivity index (χ4n) is 3.85. The Morgan fingerprint density at radius 3 is 2.40 bits per heavy atom. The molecule has 1 aromatic carbocycles. The summed E-state index contributed by atoms with van der Waals surface area (Å²) in [5.74, 6) is -2.13. The summed E-state index contributed by atoms with van der Waals surface area (Å²) in [6.45, 7) is 3.19. The SMILES string of the molecule is Cc1cccc(S(=O)(=O)C[C@H]2CC[C@H](NC(=O)c3cc(C)oc3C(F)(F)F)CC2)c1. The monoisotopic (exact) mass is 443 g/mol. The standard InChI is InChI=1S/C21H24F3NO4S/c1-13-4-3-5-17(10-13)30(27,28)12-15-6-8-16(9-7-15)25-20(26)18-11-14(2)29-19(18)21(22,23)24/h3-5,10-11,15-16H,6-9,12H2,1-2H3,(H,25,26)/t15-,16-. The molecule has 9 heteroatoms. The summed E-state index contributed by atoms with van der Waals surface area (Å²) >= 11 is 0. The van der Waals surface area contributed by atoms with E-state index in [0.717, 1.165) is 11.6 Å². The molecule has 1 heterocycles. The lowest BCUT2D eigenvalue weighted by Crippen LogP contribution is -2.39. The van der Waals surface area contributed by atoms with E-state index in [2.05, 4.69) is 9.73 Å². The minimum absolute atomic E-state index is 0.0116. The molecule has 1 aliphatic rings. The van der Waals surface area contributed by atoms with Crippen molar-refractivity contribution in [1.29, 1.82) is 0 Å². The van der Waals surface area contributed by atoms with Crippen molar-refractivity contribution >= 4 is 15.7 Å². The van der Waals surface area contributed by atoms with Gasteiger partial charge >= 0.3 is 6.18 Å². The molecular formula is C21H24F3NO4S. The molecular weight excluding hydrogens is 419 g/mol. The molecule has 1 fully saturated rings. The molecule has 5 nitrogen and oxygen atoms in total. The number of alkyl halides is 3. The van der Waals surface area contributed by atoms with E-state index >= 15 is 0 Å². The Morgan fingerprint density at radius 1 is 1.13 bits per heavy atom. The van der Waals surface area contributed by atoms with E-state index in [-0.39, 0.29) is 23.5 Å². The second kappa shape index (κ2) is 8.45. The molecule has 30 heavy (non-hydrogen) atoms. The second-order valence-corrected chi connectivity index (χ2v) is 9.92. The first-order chi connectivity index (χ1) is 14.0. The van der Waals surface area contributed by atoms with Gasteiger partial charge in [0.15, 0.2) is 9.84 Å². The summed E-state index contributed by atoms with van der Waals surface area (Å²) < 4.78 is 69.1. The van der Waals surface area contributed by atoms with Crippen LogP contribution in [-0.2, 0) is 16.0 Å². The van der Waals surface area contributed by atoms with Crippen molar-refractivity contribution in [2.75, 3.05) is 5.75 Å². The van der Waals surface area contributed by atoms with Crippen molar-refractivity contribution < 1.29 is 30.8 Å². The van der Waals surface area contributed by atoms with E-state index in [1.54, 1.807) is 18.2 Å². The molecule has 3 rings (SSSR count). The number of furan rings is 1. The number of aryl methyl sites for hydroxylation is 2. The van der Waals surface area contributed by atoms with Gasteiger partial charge in [-0.3, -0.25) is 4.79 Å². The summed E-state index contributed by atoms with van der Waals surface area (Å²) in [5.41, 5.74) is 0.347. The Morgan fingerprint density at radius 2 is 1.80 bits per heavy atom. The highest BCUT2D eigenvalue weighted by Gasteiger charge is 2.40. The summed E-state index contributed by atoms with van der Waals surface area (Å²) in [6.07, 6.45) is -2.57. The number of rotatable bonds is 5. The predicted octanol–water partition coefficient (Wildman–Crippen LogP) is 4.68. The van der Waals surface area contributed by atoms with Gasteiger partial charge in [-0.1, -0.05) is 12.1 Å². The predicted molar refractivity (Wildman–Crippen MR) is 105 cm³/mol. The van der Waals surface area contributed by atoms with Crippen LogP contribution < -0.4 is 5.32 Å². The zero-order valence-corrected chi connectivity index (χ0v) is 17.6. The molecule has 1 amide bonds. The molecule has 0 unspecified atom stereocenters. The van der Waals surface area contributed by atoms with Gasteiger partial charge in [0.2, 0.25) is 5.76 Å². The number of hydrogen-bond donors (Lipinski definition) is 1. The normalized spacial score (nSPS) is 20.2. The highest BCUT2D eigenvalue weighted by atomic mass is 32.2. The van der Waals surface area contributed by atoms with Crippen LogP contribution in [0.25, 0.3) is 0 Å².